The molecule has 84 valence electrons. The quantitative estimate of drug-likeness (QED) is 0.854. The molecule has 2 rings (SSSR count). The lowest BCUT2D eigenvalue weighted by molar-refractivity contribution is 0.104. The van der Waals surface area contributed by atoms with Crippen LogP contribution in [-0.4, -0.2) is 5.11 Å². The highest BCUT2D eigenvalue weighted by molar-refractivity contribution is 7.10. The molecule has 1 unspecified atom stereocenters. The Hall–Kier alpha value is -1.12. The summed E-state index contributed by atoms with van der Waals surface area (Å²) in [6.45, 7) is 4.15. The molecule has 0 saturated heterocycles. The van der Waals surface area contributed by atoms with Gasteiger partial charge >= 0.3 is 0 Å². The first kappa shape index (κ1) is 11.4. The third-order valence-electron chi connectivity index (χ3n) is 3.01. The molecular weight excluding hydrogens is 216 g/mol. The zero-order chi connectivity index (χ0) is 11.6. The molecule has 0 aliphatic rings. The number of rotatable bonds is 3. The maximum Gasteiger partial charge on any atom is 0.0972 e. The lowest BCUT2D eigenvalue weighted by atomic mass is 9.79. The van der Waals surface area contributed by atoms with Crippen LogP contribution in [0.2, 0.25) is 0 Å². The van der Waals surface area contributed by atoms with Gasteiger partial charge in [-0.2, -0.15) is 0 Å². The minimum absolute atomic E-state index is 0.258. The van der Waals surface area contributed by atoms with E-state index in [2.05, 4.69) is 26.0 Å². The minimum Gasteiger partial charge on any atom is -0.387 e. The summed E-state index contributed by atoms with van der Waals surface area (Å²) in [5, 5.41) is 12.4. The number of hydrogen-bond acceptors (Lipinski definition) is 2. The van der Waals surface area contributed by atoms with Gasteiger partial charge in [0.25, 0.3) is 0 Å². The normalized spacial score (nSPS) is 13.7. The molecule has 0 fully saturated rings. The molecule has 0 saturated carbocycles. The highest BCUT2D eigenvalue weighted by Gasteiger charge is 2.31. The average molecular weight is 232 g/mol. The van der Waals surface area contributed by atoms with Gasteiger partial charge in [0, 0.05) is 10.3 Å². The fourth-order valence-corrected chi connectivity index (χ4v) is 2.72. The molecule has 1 atom stereocenters. The van der Waals surface area contributed by atoms with Gasteiger partial charge in [0.2, 0.25) is 0 Å². The van der Waals surface area contributed by atoms with E-state index in [1.807, 2.05) is 35.7 Å². The van der Waals surface area contributed by atoms with E-state index in [0.717, 1.165) is 10.4 Å². The minimum atomic E-state index is -0.449. The number of thiophene rings is 1. The van der Waals surface area contributed by atoms with Gasteiger partial charge in [0.1, 0.15) is 0 Å². The van der Waals surface area contributed by atoms with Gasteiger partial charge in [-0.15, -0.1) is 11.3 Å². The van der Waals surface area contributed by atoms with Crippen LogP contribution in [0.1, 0.15) is 30.4 Å². The second-order valence-corrected chi connectivity index (χ2v) is 5.48. The van der Waals surface area contributed by atoms with Crippen LogP contribution in [0.15, 0.2) is 47.8 Å². The molecule has 1 N–H and O–H groups in total. The molecule has 1 aromatic carbocycles. The van der Waals surface area contributed by atoms with E-state index >= 15 is 0 Å². The first-order valence-corrected chi connectivity index (χ1v) is 6.27. The molecule has 0 spiro atoms. The summed E-state index contributed by atoms with van der Waals surface area (Å²) in [4.78, 5) is 1.02. The maximum absolute atomic E-state index is 10.4. The van der Waals surface area contributed by atoms with Crippen molar-refractivity contribution in [1.29, 1.82) is 0 Å². The Morgan fingerprint density at radius 1 is 1.06 bits per heavy atom. The summed E-state index contributed by atoms with van der Waals surface area (Å²) in [5.41, 5.74) is 0.905. The van der Waals surface area contributed by atoms with Crippen molar-refractivity contribution in [1.82, 2.24) is 0 Å². The van der Waals surface area contributed by atoms with Crippen LogP contribution in [0.3, 0.4) is 0 Å². The Labute approximate surface area is 100 Å². The molecule has 0 aliphatic carbocycles. The summed E-state index contributed by atoms with van der Waals surface area (Å²) in [7, 11) is 0. The van der Waals surface area contributed by atoms with Crippen molar-refractivity contribution in [2.75, 3.05) is 0 Å². The monoisotopic (exact) mass is 232 g/mol. The molecule has 2 heteroatoms. The fraction of sp³-hybridized carbons (Fsp3) is 0.286. The Morgan fingerprint density at radius 2 is 1.75 bits per heavy atom. The summed E-state index contributed by atoms with van der Waals surface area (Å²) in [6, 6.07) is 14.1. The zero-order valence-electron chi connectivity index (χ0n) is 9.55. The van der Waals surface area contributed by atoms with Crippen LogP contribution < -0.4 is 0 Å². The molecule has 1 heterocycles. The van der Waals surface area contributed by atoms with Crippen molar-refractivity contribution < 1.29 is 5.11 Å². The second kappa shape index (κ2) is 4.40. The Kier molecular flexibility index (Phi) is 3.13. The van der Waals surface area contributed by atoms with Crippen LogP contribution in [0.5, 0.6) is 0 Å². The molecule has 0 radical (unpaired) electrons. The lowest BCUT2D eigenvalue weighted by Gasteiger charge is -2.30. The van der Waals surface area contributed by atoms with Crippen molar-refractivity contribution in [2.45, 2.75) is 25.4 Å². The summed E-state index contributed by atoms with van der Waals surface area (Å²) >= 11 is 1.60. The van der Waals surface area contributed by atoms with E-state index in [1.165, 1.54) is 0 Å². The van der Waals surface area contributed by atoms with Gasteiger partial charge in [0.05, 0.1) is 6.10 Å². The Balaban J connectivity index is 2.32. The van der Waals surface area contributed by atoms with Crippen LogP contribution in [0, 0.1) is 0 Å². The standard InChI is InChI=1S/C14H16OS/c1-14(2,11-7-4-3-5-8-11)13(15)12-9-6-10-16-12/h3-10,13,15H,1-2H3. The second-order valence-electron chi connectivity index (χ2n) is 4.51. The van der Waals surface area contributed by atoms with Crippen molar-refractivity contribution in [2.24, 2.45) is 0 Å². The molecular formula is C14H16OS. The molecule has 16 heavy (non-hydrogen) atoms. The predicted molar refractivity (Wildman–Crippen MR) is 68.7 cm³/mol. The summed E-state index contributed by atoms with van der Waals surface area (Å²) < 4.78 is 0. The number of hydrogen-bond donors (Lipinski definition) is 1. The number of benzene rings is 1. The Morgan fingerprint density at radius 3 is 2.31 bits per heavy atom. The van der Waals surface area contributed by atoms with E-state index in [0.29, 0.717) is 0 Å². The van der Waals surface area contributed by atoms with Crippen LogP contribution in [0.25, 0.3) is 0 Å². The highest BCUT2D eigenvalue weighted by atomic mass is 32.1. The van der Waals surface area contributed by atoms with Crippen LogP contribution >= 0.6 is 11.3 Å². The van der Waals surface area contributed by atoms with Gasteiger partial charge in [-0.25, -0.2) is 0 Å². The van der Waals surface area contributed by atoms with E-state index in [4.69, 9.17) is 0 Å². The maximum atomic E-state index is 10.4. The average Bonchev–Trinajstić information content (AvgIpc) is 2.82. The molecule has 2 aromatic rings. The van der Waals surface area contributed by atoms with Gasteiger partial charge in [-0.05, 0) is 17.0 Å². The fourth-order valence-electron chi connectivity index (χ4n) is 1.83. The lowest BCUT2D eigenvalue weighted by Crippen LogP contribution is -2.26. The Bertz CT molecular complexity index is 431. The predicted octanol–water partition coefficient (Wildman–Crippen LogP) is 3.76. The van der Waals surface area contributed by atoms with E-state index in [1.54, 1.807) is 11.3 Å². The van der Waals surface area contributed by atoms with E-state index in [-0.39, 0.29) is 5.41 Å². The summed E-state index contributed by atoms with van der Waals surface area (Å²) in [5.74, 6) is 0. The number of aliphatic hydroxyl groups is 1. The molecule has 1 aromatic heterocycles. The van der Waals surface area contributed by atoms with Gasteiger partial charge < -0.3 is 5.11 Å². The van der Waals surface area contributed by atoms with Crippen LogP contribution in [0.4, 0.5) is 0 Å². The van der Waals surface area contributed by atoms with Crippen molar-refractivity contribution in [3.05, 3.63) is 58.3 Å². The van der Waals surface area contributed by atoms with Crippen molar-refractivity contribution in [3.63, 3.8) is 0 Å². The SMILES string of the molecule is CC(C)(c1ccccc1)C(O)c1cccs1. The molecule has 1 nitrogen and oxygen atoms in total. The van der Waals surface area contributed by atoms with Crippen LogP contribution in [-0.2, 0) is 5.41 Å². The topological polar surface area (TPSA) is 20.2 Å². The largest absolute Gasteiger partial charge is 0.387 e. The number of aliphatic hydroxyl groups excluding tert-OH is 1. The van der Waals surface area contributed by atoms with Gasteiger partial charge in [-0.1, -0.05) is 50.2 Å². The zero-order valence-corrected chi connectivity index (χ0v) is 10.4. The molecule has 0 amide bonds. The van der Waals surface area contributed by atoms with E-state index < -0.39 is 6.10 Å². The molecule has 0 aliphatic heterocycles. The third kappa shape index (κ3) is 2.04. The smallest absolute Gasteiger partial charge is 0.0972 e. The summed E-state index contributed by atoms with van der Waals surface area (Å²) in [6.07, 6.45) is -0.449. The first-order valence-electron chi connectivity index (χ1n) is 5.39. The third-order valence-corrected chi connectivity index (χ3v) is 3.94. The highest BCUT2D eigenvalue weighted by Crippen LogP contribution is 2.38. The van der Waals surface area contributed by atoms with Crippen molar-refractivity contribution >= 4 is 11.3 Å². The molecule has 0 bridgehead atoms. The van der Waals surface area contributed by atoms with Gasteiger partial charge in [-0.3, -0.25) is 0 Å². The van der Waals surface area contributed by atoms with Crippen molar-refractivity contribution in [3.8, 4) is 0 Å². The van der Waals surface area contributed by atoms with Gasteiger partial charge in [0.15, 0.2) is 0 Å². The van der Waals surface area contributed by atoms with E-state index in [9.17, 15) is 5.11 Å². The first-order chi connectivity index (χ1) is 7.62.